The van der Waals surface area contributed by atoms with E-state index in [4.69, 9.17) is 5.14 Å². The number of benzene rings is 1. The molecule has 0 fully saturated rings. The predicted octanol–water partition coefficient (Wildman–Crippen LogP) is 1.72. The summed E-state index contributed by atoms with van der Waals surface area (Å²) in [7, 11) is -3.77. The highest BCUT2D eigenvalue weighted by molar-refractivity contribution is 7.88. The number of rotatable bonds is 4. The Labute approximate surface area is 131 Å². The number of sulfonamides is 1. The van der Waals surface area contributed by atoms with E-state index >= 15 is 0 Å². The van der Waals surface area contributed by atoms with Crippen LogP contribution in [0, 0.1) is 5.82 Å². The molecule has 2 aromatic heterocycles. The van der Waals surface area contributed by atoms with Crippen LogP contribution in [-0.4, -0.2) is 24.2 Å². The van der Waals surface area contributed by atoms with Crippen molar-refractivity contribution in [2.24, 2.45) is 5.14 Å². The number of primary sulfonamides is 1. The summed E-state index contributed by atoms with van der Waals surface area (Å²) in [5.74, 6) is -1.76. The molecular formula is C15H12FN3O3S. The number of aromatic amines is 1. The number of pyridine rings is 1. The first-order chi connectivity index (χ1) is 10.8. The Morgan fingerprint density at radius 3 is 2.78 bits per heavy atom. The van der Waals surface area contributed by atoms with E-state index in [9.17, 15) is 17.6 Å². The molecular weight excluding hydrogens is 321 g/mol. The van der Waals surface area contributed by atoms with Gasteiger partial charge in [-0.3, -0.25) is 4.79 Å². The van der Waals surface area contributed by atoms with Crippen LogP contribution in [-0.2, 0) is 15.8 Å². The molecule has 0 amide bonds. The van der Waals surface area contributed by atoms with Crippen molar-refractivity contribution in [2.45, 2.75) is 5.75 Å². The second kappa shape index (κ2) is 5.56. The van der Waals surface area contributed by atoms with Gasteiger partial charge in [-0.25, -0.2) is 22.9 Å². The number of hydrogen-bond donors (Lipinski definition) is 2. The monoisotopic (exact) mass is 333 g/mol. The van der Waals surface area contributed by atoms with E-state index in [0.717, 1.165) is 6.07 Å². The molecule has 1 aromatic carbocycles. The third kappa shape index (κ3) is 3.13. The molecule has 0 spiro atoms. The maximum atomic E-state index is 14.0. The van der Waals surface area contributed by atoms with Gasteiger partial charge in [0.1, 0.15) is 11.5 Å². The van der Waals surface area contributed by atoms with Crippen LogP contribution in [0.2, 0.25) is 0 Å². The molecule has 0 saturated carbocycles. The highest BCUT2D eigenvalue weighted by atomic mass is 32.2. The lowest BCUT2D eigenvalue weighted by Crippen LogP contribution is -2.15. The van der Waals surface area contributed by atoms with Crippen LogP contribution in [0.1, 0.15) is 21.5 Å². The third-order valence-electron chi connectivity index (χ3n) is 3.34. The van der Waals surface area contributed by atoms with E-state index in [-0.39, 0.29) is 16.7 Å². The maximum Gasteiger partial charge on any atom is 0.213 e. The minimum atomic E-state index is -3.77. The Morgan fingerprint density at radius 2 is 2.04 bits per heavy atom. The summed E-state index contributed by atoms with van der Waals surface area (Å²) in [4.78, 5) is 19.5. The summed E-state index contributed by atoms with van der Waals surface area (Å²) < 4.78 is 36.3. The van der Waals surface area contributed by atoms with E-state index in [2.05, 4.69) is 9.97 Å². The SMILES string of the molecule is NS(=O)(=O)Cc1ccc(F)c(C(=O)c2c[nH]c3ncccc23)c1. The molecule has 6 nitrogen and oxygen atoms in total. The fourth-order valence-corrected chi connectivity index (χ4v) is 3.00. The first-order valence-electron chi connectivity index (χ1n) is 6.61. The van der Waals surface area contributed by atoms with Crippen molar-refractivity contribution in [1.29, 1.82) is 0 Å². The summed E-state index contributed by atoms with van der Waals surface area (Å²) in [5, 5.41) is 5.54. The van der Waals surface area contributed by atoms with E-state index in [1.807, 2.05) is 0 Å². The van der Waals surface area contributed by atoms with Gasteiger partial charge >= 0.3 is 0 Å². The Bertz CT molecular complexity index is 1010. The molecule has 0 bridgehead atoms. The van der Waals surface area contributed by atoms with E-state index < -0.39 is 27.4 Å². The first-order valence-corrected chi connectivity index (χ1v) is 8.32. The number of carbonyl (C=O) groups is 1. The summed E-state index contributed by atoms with van der Waals surface area (Å²) in [6.45, 7) is 0. The molecule has 8 heteroatoms. The Balaban J connectivity index is 2.07. The van der Waals surface area contributed by atoms with E-state index in [0.29, 0.717) is 11.0 Å². The average molecular weight is 333 g/mol. The van der Waals surface area contributed by atoms with Gasteiger partial charge < -0.3 is 4.98 Å². The van der Waals surface area contributed by atoms with Gasteiger partial charge in [-0.15, -0.1) is 0 Å². The molecule has 0 radical (unpaired) electrons. The third-order valence-corrected chi connectivity index (χ3v) is 4.07. The van der Waals surface area contributed by atoms with Crippen LogP contribution in [0.15, 0.2) is 42.7 Å². The number of ketones is 1. The normalized spacial score (nSPS) is 11.7. The molecule has 0 atom stereocenters. The minimum Gasteiger partial charge on any atom is -0.345 e. The molecule has 0 aliphatic carbocycles. The van der Waals surface area contributed by atoms with Crippen LogP contribution < -0.4 is 5.14 Å². The number of hydrogen-bond acceptors (Lipinski definition) is 4. The number of carbonyl (C=O) groups excluding carboxylic acids is 1. The van der Waals surface area contributed by atoms with Crippen molar-refractivity contribution in [1.82, 2.24) is 9.97 Å². The number of nitrogens with zero attached hydrogens (tertiary/aromatic N) is 1. The topological polar surface area (TPSA) is 106 Å². The van der Waals surface area contributed by atoms with Crippen molar-refractivity contribution in [2.75, 3.05) is 0 Å². The lowest BCUT2D eigenvalue weighted by atomic mass is 10.0. The second-order valence-electron chi connectivity index (χ2n) is 5.05. The van der Waals surface area contributed by atoms with Gasteiger partial charge in [0.25, 0.3) is 0 Å². The molecule has 3 aromatic rings. The zero-order chi connectivity index (χ0) is 16.6. The number of H-pyrrole nitrogens is 1. The summed E-state index contributed by atoms with van der Waals surface area (Å²) >= 11 is 0. The van der Waals surface area contributed by atoms with Gasteiger partial charge in [0.05, 0.1) is 11.3 Å². The highest BCUT2D eigenvalue weighted by Gasteiger charge is 2.19. The number of halogens is 1. The van der Waals surface area contributed by atoms with Crippen LogP contribution in [0.25, 0.3) is 11.0 Å². The molecule has 0 saturated heterocycles. The fourth-order valence-electron chi connectivity index (χ4n) is 2.36. The Hall–Kier alpha value is -2.58. The van der Waals surface area contributed by atoms with Crippen molar-refractivity contribution in [3.8, 4) is 0 Å². The standard InChI is InChI=1S/C15H12FN3O3S/c16-13-4-3-9(8-23(17,21)22)6-11(13)14(20)12-7-19-15-10(12)2-1-5-18-15/h1-7H,8H2,(H,18,19)(H2,17,21,22). The van der Waals surface area contributed by atoms with Gasteiger partial charge in [0.15, 0.2) is 5.78 Å². The van der Waals surface area contributed by atoms with Gasteiger partial charge in [-0.1, -0.05) is 6.07 Å². The average Bonchev–Trinajstić information content (AvgIpc) is 2.91. The second-order valence-corrected chi connectivity index (χ2v) is 6.67. The zero-order valence-corrected chi connectivity index (χ0v) is 12.6. The summed E-state index contributed by atoms with van der Waals surface area (Å²) in [6, 6.07) is 6.91. The first kappa shape index (κ1) is 15.3. The number of fused-ring (bicyclic) bond motifs is 1. The van der Waals surface area contributed by atoms with Crippen LogP contribution in [0.3, 0.4) is 0 Å². The molecule has 0 unspecified atom stereocenters. The lowest BCUT2D eigenvalue weighted by molar-refractivity contribution is 0.103. The molecule has 2 heterocycles. The van der Waals surface area contributed by atoms with Gasteiger partial charge in [0, 0.05) is 23.3 Å². The summed E-state index contributed by atoms with van der Waals surface area (Å²) in [5.41, 5.74) is 0.808. The van der Waals surface area contributed by atoms with Crippen molar-refractivity contribution in [3.63, 3.8) is 0 Å². The summed E-state index contributed by atoms with van der Waals surface area (Å²) in [6.07, 6.45) is 3.02. The van der Waals surface area contributed by atoms with Gasteiger partial charge in [0.2, 0.25) is 10.0 Å². The number of aromatic nitrogens is 2. The van der Waals surface area contributed by atoms with E-state index in [1.165, 1.54) is 18.3 Å². The number of nitrogens with two attached hydrogens (primary N) is 1. The Kier molecular flexibility index (Phi) is 3.70. The predicted molar refractivity (Wildman–Crippen MR) is 82.7 cm³/mol. The van der Waals surface area contributed by atoms with Gasteiger partial charge in [-0.2, -0.15) is 0 Å². The fraction of sp³-hybridized carbons (Fsp3) is 0.0667. The molecule has 23 heavy (non-hydrogen) atoms. The molecule has 3 rings (SSSR count). The van der Waals surface area contributed by atoms with Gasteiger partial charge in [-0.05, 0) is 29.8 Å². The lowest BCUT2D eigenvalue weighted by Gasteiger charge is -2.05. The molecule has 0 aliphatic heterocycles. The zero-order valence-electron chi connectivity index (χ0n) is 11.8. The van der Waals surface area contributed by atoms with Crippen molar-refractivity contribution in [3.05, 3.63) is 65.2 Å². The maximum absolute atomic E-state index is 14.0. The quantitative estimate of drug-likeness (QED) is 0.709. The Morgan fingerprint density at radius 1 is 1.26 bits per heavy atom. The molecule has 118 valence electrons. The van der Waals surface area contributed by atoms with Crippen LogP contribution in [0.4, 0.5) is 4.39 Å². The number of nitrogens with one attached hydrogen (secondary N) is 1. The van der Waals surface area contributed by atoms with Crippen LogP contribution in [0.5, 0.6) is 0 Å². The van der Waals surface area contributed by atoms with E-state index in [1.54, 1.807) is 18.3 Å². The van der Waals surface area contributed by atoms with Crippen LogP contribution >= 0.6 is 0 Å². The molecule has 3 N–H and O–H groups in total. The minimum absolute atomic E-state index is 0.212. The largest absolute Gasteiger partial charge is 0.345 e. The molecule has 0 aliphatic rings. The highest BCUT2D eigenvalue weighted by Crippen LogP contribution is 2.22. The van der Waals surface area contributed by atoms with Crippen molar-refractivity contribution < 1.29 is 17.6 Å². The smallest absolute Gasteiger partial charge is 0.213 e. The van der Waals surface area contributed by atoms with Crippen molar-refractivity contribution >= 4 is 26.8 Å².